The first-order valence-electron chi connectivity index (χ1n) is 7.83. The van der Waals surface area contributed by atoms with E-state index in [4.69, 9.17) is 4.74 Å². The van der Waals surface area contributed by atoms with Gasteiger partial charge in [-0.15, -0.1) is 0 Å². The van der Waals surface area contributed by atoms with Crippen molar-refractivity contribution in [1.82, 2.24) is 14.9 Å². The van der Waals surface area contributed by atoms with Gasteiger partial charge < -0.3 is 14.7 Å². The second kappa shape index (κ2) is 7.39. The van der Waals surface area contributed by atoms with Crippen molar-refractivity contribution in [3.8, 4) is 5.88 Å². The summed E-state index contributed by atoms with van der Waals surface area (Å²) in [6.45, 7) is 4.09. The minimum absolute atomic E-state index is 0.448. The van der Waals surface area contributed by atoms with Gasteiger partial charge in [0.15, 0.2) is 0 Å². The number of methoxy groups -OCH3 is 1. The summed E-state index contributed by atoms with van der Waals surface area (Å²) in [7, 11) is 1.61. The summed E-state index contributed by atoms with van der Waals surface area (Å²) in [5.41, 5.74) is 0.964. The number of hydrogen-bond acceptors (Lipinski definition) is 6. The van der Waals surface area contributed by atoms with Crippen LogP contribution in [0, 0.1) is 0 Å². The number of ether oxygens (including phenoxy) is 1. The Balaban J connectivity index is 1.54. The molecule has 1 atom stereocenters. The van der Waals surface area contributed by atoms with Crippen molar-refractivity contribution in [2.45, 2.75) is 6.10 Å². The van der Waals surface area contributed by atoms with Gasteiger partial charge in [0.2, 0.25) is 11.8 Å². The zero-order valence-corrected chi connectivity index (χ0v) is 13.3. The number of rotatable bonds is 5. The molecule has 0 radical (unpaired) electrons. The number of nitrogens with zero attached hydrogens (tertiary/aromatic N) is 4. The summed E-state index contributed by atoms with van der Waals surface area (Å²) in [6, 6.07) is 11.5. The van der Waals surface area contributed by atoms with E-state index in [1.807, 2.05) is 30.3 Å². The Morgan fingerprint density at radius 2 is 1.87 bits per heavy atom. The van der Waals surface area contributed by atoms with Crippen molar-refractivity contribution in [3.05, 3.63) is 48.2 Å². The number of aliphatic hydroxyl groups is 1. The van der Waals surface area contributed by atoms with E-state index in [-0.39, 0.29) is 0 Å². The molecule has 1 aromatic heterocycles. The van der Waals surface area contributed by atoms with Crippen molar-refractivity contribution in [2.75, 3.05) is 44.7 Å². The van der Waals surface area contributed by atoms with Crippen LogP contribution >= 0.6 is 0 Å². The normalized spacial score (nSPS) is 17.0. The zero-order valence-electron chi connectivity index (χ0n) is 13.3. The SMILES string of the molecule is COc1ccnc(N2CCN(C[C@@H](O)c3ccccc3)CC2)n1. The van der Waals surface area contributed by atoms with Crippen LogP contribution in [0.1, 0.15) is 11.7 Å². The molecule has 122 valence electrons. The Morgan fingerprint density at radius 3 is 2.57 bits per heavy atom. The van der Waals surface area contributed by atoms with Gasteiger partial charge in [0, 0.05) is 45.0 Å². The van der Waals surface area contributed by atoms with E-state index in [1.165, 1.54) is 0 Å². The van der Waals surface area contributed by atoms with Gasteiger partial charge in [-0.3, -0.25) is 4.90 Å². The van der Waals surface area contributed by atoms with Crippen LogP contribution < -0.4 is 9.64 Å². The lowest BCUT2D eigenvalue weighted by atomic mass is 10.1. The van der Waals surface area contributed by atoms with E-state index in [0.717, 1.165) is 31.7 Å². The molecular formula is C17H22N4O2. The second-order valence-corrected chi connectivity index (χ2v) is 5.61. The first-order chi connectivity index (χ1) is 11.3. The molecule has 1 aliphatic heterocycles. The molecule has 1 aromatic carbocycles. The first-order valence-corrected chi connectivity index (χ1v) is 7.83. The molecule has 0 bridgehead atoms. The van der Waals surface area contributed by atoms with Gasteiger partial charge in [-0.05, 0) is 5.56 Å². The van der Waals surface area contributed by atoms with Crippen molar-refractivity contribution in [2.24, 2.45) is 0 Å². The summed E-state index contributed by atoms with van der Waals surface area (Å²) in [5, 5.41) is 10.3. The fourth-order valence-electron chi connectivity index (χ4n) is 2.75. The molecule has 0 aliphatic carbocycles. The van der Waals surface area contributed by atoms with Crippen LogP contribution in [0.3, 0.4) is 0 Å². The molecule has 0 amide bonds. The van der Waals surface area contributed by atoms with E-state index in [0.29, 0.717) is 18.4 Å². The zero-order chi connectivity index (χ0) is 16.1. The predicted molar refractivity (Wildman–Crippen MR) is 88.6 cm³/mol. The molecule has 6 nitrogen and oxygen atoms in total. The third-order valence-electron chi connectivity index (χ3n) is 4.10. The quantitative estimate of drug-likeness (QED) is 0.899. The fraction of sp³-hybridized carbons (Fsp3) is 0.412. The standard InChI is InChI=1S/C17H22N4O2/c1-23-16-7-8-18-17(19-16)21-11-9-20(10-12-21)13-15(22)14-5-3-2-4-6-14/h2-8,15,22H,9-13H2,1H3/t15-/m1/s1. The maximum Gasteiger partial charge on any atom is 0.228 e. The third-order valence-corrected chi connectivity index (χ3v) is 4.10. The van der Waals surface area contributed by atoms with Gasteiger partial charge in [-0.1, -0.05) is 30.3 Å². The van der Waals surface area contributed by atoms with Gasteiger partial charge in [0.05, 0.1) is 13.2 Å². The molecule has 0 unspecified atom stereocenters. The van der Waals surface area contributed by atoms with E-state index in [1.54, 1.807) is 19.4 Å². The number of hydrogen-bond donors (Lipinski definition) is 1. The highest BCUT2D eigenvalue weighted by molar-refractivity contribution is 5.32. The largest absolute Gasteiger partial charge is 0.481 e. The maximum absolute atomic E-state index is 10.3. The van der Waals surface area contributed by atoms with Crippen LogP contribution in [0.4, 0.5) is 5.95 Å². The molecule has 2 heterocycles. The van der Waals surface area contributed by atoms with Crippen LogP contribution in [0.15, 0.2) is 42.6 Å². The summed E-state index contributed by atoms with van der Waals surface area (Å²) >= 11 is 0. The average Bonchev–Trinajstić information content (AvgIpc) is 2.63. The highest BCUT2D eigenvalue weighted by Gasteiger charge is 2.21. The van der Waals surface area contributed by atoms with E-state index >= 15 is 0 Å². The molecule has 1 aliphatic rings. The molecule has 1 N–H and O–H groups in total. The Kier molecular flexibility index (Phi) is 5.05. The Bertz CT molecular complexity index is 615. The third kappa shape index (κ3) is 3.97. The lowest BCUT2D eigenvalue weighted by Crippen LogP contribution is -2.48. The lowest BCUT2D eigenvalue weighted by molar-refractivity contribution is 0.109. The highest BCUT2D eigenvalue weighted by Crippen LogP contribution is 2.17. The Morgan fingerprint density at radius 1 is 1.13 bits per heavy atom. The van der Waals surface area contributed by atoms with Gasteiger partial charge in [0.1, 0.15) is 0 Å². The minimum Gasteiger partial charge on any atom is -0.481 e. The molecule has 2 aromatic rings. The molecule has 23 heavy (non-hydrogen) atoms. The first kappa shape index (κ1) is 15.7. The molecule has 3 rings (SSSR count). The van der Waals surface area contributed by atoms with E-state index in [2.05, 4.69) is 19.8 Å². The van der Waals surface area contributed by atoms with Crippen molar-refractivity contribution in [1.29, 1.82) is 0 Å². The summed E-state index contributed by atoms with van der Waals surface area (Å²) in [6.07, 6.45) is 1.27. The van der Waals surface area contributed by atoms with Crippen LogP contribution in [0.25, 0.3) is 0 Å². The topological polar surface area (TPSA) is 61.7 Å². The van der Waals surface area contributed by atoms with Gasteiger partial charge in [-0.2, -0.15) is 4.98 Å². The number of piperazine rings is 1. The lowest BCUT2D eigenvalue weighted by Gasteiger charge is -2.35. The Labute approximate surface area is 136 Å². The number of benzene rings is 1. The monoisotopic (exact) mass is 314 g/mol. The maximum atomic E-state index is 10.3. The van der Waals surface area contributed by atoms with E-state index in [9.17, 15) is 5.11 Å². The van der Waals surface area contributed by atoms with Crippen LogP contribution in [-0.2, 0) is 0 Å². The Hall–Kier alpha value is -2.18. The van der Waals surface area contributed by atoms with Crippen molar-refractivity contribution >= 4 is 5.95 Å². The molecule has 1 saturated heterocycles. The number of aliphatic hydroxyl groups excluding tert-OH is 1. The van der Waals surface area contributed by atoms with Gasteiger partial charge in [-0.25, -0.2) is 4.98 Å². The predicted octanol–water partition coefficient (Wildman–Crippen LogP) is 1.34. The van der Waals surface area contributed by atoms with Crippen molar-refractivity contribution in [3.63, 3.8) is 0 Å². The van der Waals surface area contributed by atoms with Crippen LogP contribution in [0.5, 0.6) is 5.88 Å². The molecule has 1 fully saturated rings. The fourth-order valence-corrected chi connectivity index (χ4v) is 2.75. The summed E-state index contributed by atoms with van der Waals surface area (Å²) < 4.78 is 5.15. The number of anilines is 1. The molecule has 0 saturated carbocycles. The minimum atomic E-state index is -0.448. The smallest absolute Gasteiger partial charge is 0.228 e. The average molecular weight is 314 g/mol. The molecule has 0 spiro atoms. The van der Waals surface area contributed by atoms with Gasteiger partial charge >= 0.3 is 0 Å². The van der Waals surface area contributed by atoms with Crippen molar-refractivity contribution < 1.29 is 9.84 Å². The number of aromatic nitrogens is 2. The van der Waals surface area contributed by atoms with Crippen LogP contribution in [-0.4, -0.2) is 59.8 Å². The highest BCUT2D eigenvalue weighted by atomic mass is 16.5. The van der Waals surface area contributed by atoms with E-state index < -0.39 is 6.10 Å². The summed E-state index contributed by atoms with van der Waals surface area (Å²) in [5.74, 6) is 1.28. The second-order valence-electron chi connectivity index (χ2n) is 5.61. The molecule has 6 heteroatoms. The van der Waals surface area contributed by atoms with Crippen LogP contribution in [0.2, 0.25) is 0 Å². The molecular weight excluding hydrogens is 292 g/mol. The van der Waals surface area contributed by atoms with Gasteiger partial charge in [0.25, 0.3) is 0 Å². The number of β-amino-alcohol motifs (C(OH)–C–C–N with tert-alkyl or cyclic N) is 1. The summed E-state index contributed by atoms with van der Waals surface area (Å²) in [4.78, 5) is 13.1.